The second-order valence-corrected chi connectivity index (χ2v) is 8.43. The first-order chi connectivity index (χ1) is 14.2. The lowest BCUT2D eigenvalue weighted by molar-refractivity contribution is 0.249. The highest BCUT2D eigenvalue weighted by atomic mass is 35.5. The van der Waals surface area contributed by atoms with Crippen molar-refractivity contribution in [3.8, 4) is 5.75 Å². The maximum absolute atomic E-state index is 6.71. The Balaban J connectivity index is 1.26. The van der Waals surface area contributed by atoms with Crippen molar-refractivity contribution in [3.63, 3.8) is 0 Å². The summed E-state index contributed by atoms with van der Waals surface area (Å²) in [4.78, 5) is 4.84. The number of hydrogen-bond donors (Lipinski definition) is 0. The molecule has 152 valence electrons. The number of piperazine rings is 1. The Morgan fingerprint density at radius 2 is 1.86 bits per heavy atom. The van der Waals surface area contributed by atoms with E-state index in [1.54, 1.807) is 7.11 Å². The van der Waals surface area contributed by atoms with Gasteiger partial charge in [-0.05, 0) is 42.5 Å². The molecular weight excluding hydrogens is 386 g/mol. The second-order valence-electron chi connectivity index (χ2n) is 8.05. The van der Waals surface area contributed by atoms with E-state index in [1.807, 2.05) is 12.1 Å². The van der Waals surface area contributed by atoms with E-state index in [0.717, 1.165) is 72.9 Å². The van der Waals surface area contributed by atoms with Crippen LogP contribution in [0.1, 0.15) is 24.2 Å². The number of anilines is 1. The van der Waals surface area contributed by atoms with E-state index in [1.165, 1.54) is 18.5 Å². The number of nitrogens with zero attached hydrogens (tertiary/aromatic N) is 5. The van der Waals surface area contributed by atoms with E-state index in [4.69, 9.17) is 16.3 Å². The van der Waals surface area contributed by atoms with Crippen LogP contribution in [0, 0.1) is 5.92 Å². The van der Waals surface area contributed by atoms with E-state index in [9.17, 15) is 0 Å². The molecule has 1 saturated carbocycles. The Kier molecular flexibility index (Phi) is 5.06. The van der Waals surface area contributed by atoms with Gasteiger partial charge in [-0.25, -0.2) is 0 Å². The van der Waals surface area contributed by atoms with Crippen molar-refractivity contribution in [2.24, 2.45) is 5.92 Å². The quantitative estimate of drug-likeness (QED) is 0.619. The molecule has 29 heavy (non-hydrogen) atoms. The Morgan fingerprint density at radius 3 is 2.62 bits per heavy atom. The molecule has 1 aliphatic heterocycles. The second kappa shape index (κ2) is 7.84. The van der Waals surface area contributed by atoms with Crippen LogP contribution in [0.2, 0.25) is 5.02 Å². The number of para-hydroxylation sites is 2. The van der Waals surface area contributed by atoms with Gasteiger partial charge in [0.1, 0.15) is 11.6 Å². The van der Waals surface area contributed by atoms with Gasteiger partial charge in [0.05, 0.1) is 17.8 Å². The lowest BCUT2D eigenvalue weighted by atomic mass is 10.2. The Morgan fingerprint density at radius 1 is 1.07 bits per heavy atom. The molecule has 0 radical (unpaired) electrons. The summed E-state index contributed by atoms with van der Waals surface area (Å²) in [6, 6.07) is 10.4. The molecular formula is C22H26ClN5O. The monoisotopic (exact) mass is 411 g/mol. The van der Waals surface area contributed by atoms with Gasteiger partial charge in [-0.2, -0.15) is 0 Å². The van der Waals surface area contributed by atoms with Crippen molar-refractivity contribution in [1.82, 2.24) is 19.5 Å². The highest BCUT2D eigenvalue weighted by Gasteiger charge is 2.25. The van der Waals surface area contributed by atoms with Crippen molar-refractivity contribution in [2.45, 2.75) is 25.8 Å². The van der Waals surface area contributed by atoms with Gasteiger partial charge in [0.2, 0.25) is 0 Å². The fourth-order valence-electron chi connectivity index (χ4n) is 4.13. The molecule has 2 fully saturated rings. The predicted molar refractivity (Wildman–Crippen MR) is 115 cm³/mol. The molecule has 2 aliphatic rings. The zero-order valence-electron chi connectivity index (χ0n) is 16.7. The number of aromatic nitrogens is 3. The van der Waals surface area contributed by atoms with Gasteiger partial charge in [-0.3, -0.25) is 9.30 Å². The minimum atomic E-state index is 0.731. The standard InChI is InChI=1S/C22H26ClN5O/c1-29-19-5-3-2-4-18(19)27-12-10-26(11-13-27)15-17-8-9-28-20(14-16-6-7-16)24-25-22(28)21(17)23/h2-5,8-9,16H,6-7,10-15H2,1H3. The lowest BCUT2D eigenvalue weighted by Crippen LogP contribution is -2.46. The van der Waals surface area contributed by atoms with Gasteiger partial charge in [-0.1, -0.05) is 23.7 Å². The average Bonchev–Trinajstić information content (AvgIpc) is 3.49. The largest absolute Gasteiger partial charge is 0.495 e. The van der Waals surface area contributed by atoms with Crippen LogP contribution in [-0.2, 0) is 13.0 Å². The van der Waals surface area contributed by atoms with Gasteiger partial charge < -0.3 is 9.64 Å². The Bertz CT molecular complexity index is 1010. The third-order valence-corrected chi connectivity index (χ3v) is 6.44. The fourth-order valence-corrected chi connectivity index (χ4v) is 4.38. The number of fused-ring (bicyclic) bond motifs is 1. The van der Waals surface area contributed by atoms with E-state index in [-0.39, 0.29) is 0 Å². The predicted octanol–water partition coefficient (Wildman–Crippen LogP) is 3.67. The number of ether oxygens (including phenoxy) is 1. The first kappa shape index (κ1) is 18.7. The van der Waals surface area contributed by atoms with Crippen molar-refractivity contribution < 1.29 is 4.74 Å². The first-order valence-electron chi connectivity index (χ1n) is 10.3. The molecule has 3 heterocycles. The highest BCUT2D eigenvalue weighted by Crippen LogP contribution is 2.33. The SMILES string of the molecule is COc1ccccc1N1CCN(Cc2ccn3c(CC4CC4)nnc3c2Cl)CC1. The molecule has 1 aromatic carbocycles. The molecule has 0 atom stereocenters. The first-order valence-corrected chi connectivity index (χ1v) is 10.7. The third kappa shape index (κ3) is 3.79. The Hall–Kier alpha value is -2.31. The molecule has 1 saturated heterocycles. The summed E-state index contributed by atoms with van der Waals surface area (Å²) >= 11 is 6.71. The summed E-state index contributed by atoms with van der Waals surface area (Å²) in [5, 5.41) is 9.48. The molecule has 2 aromatic heterocycles. The molecule has 3 aromatic rings. The summed E-state index contributed by atoms with van der Waals surface area (Å²) < 4.78 is 7.58. The summed E-state index contributed by atoms with van der Waals surface area (Å²) in [6.07, 6.45) is 5.70. The van der Waals surface area contributed by atoms with Crippen molar-refractivity contribution >= 4 is 22.9 Å². The van der Waals surface area contributed by atoms with Crippen LogP contribution in [0.25, 0.3) is 5.65 Å². The number of rotatable bonds is 6. The minimum Gasteiger partial charge on any atom is -0.495 e. The molecule has 0 N–H and O–H groups in total. The fraction of sp³-hybridized carbons (Fsp3) is 0.455. The minimum absolute atomic E-state index is 0.731. The molecule has 0 bridgehead atoms. The van der Waals surface area contributed by atoms with Crippen molar-refractivity contribution in [3.05, 3.63) is 52.9 Å². The summed E-state index contributed by atoms with van der Waals surface area (Å²) in [5.41, 5.74) is 3.07. The van der Waals surface area contributed by atoms with Crippen molar-refractivity contribution in [1.29, 1.82) is 0 Å². The smallest absolute Gasteiger partial charge is 0.179 e. The van der Waals surface area contributed by atoms with E-state index >= 15 is 0 Å². The number of halogens is 1. The molecule has 6 nitrogen and oxygen atoms in total. The van der Waals surface area contributed by atoms with Gasteiger partial charge in [-0.15, -0.1) is 10.2 Å². The molecule has 0 amide bonds. The highest BCUT2D eigenvalue weighted by molar-refractivity contribution is 6.34. The topological polar surface area (TPSA) is 45.9 Å². The summed E-state index contributed by atoms with van der Waals surface area (Å²) in [6.45, 7) is 4.74. The van der Waals surface area contributed by atoms with Crippen molar-refractivity contribution in [2.75, 3.05) is 38.2 Å². The zero-order chi connectivity index (χ0) is 19.8. The lowest BCUT2D eigenvalue weighted by Gasteiger charge is -2.36. The van der Waals surface area contributed by atoms with Crippen LogP contribution in [0.15, 0.2) is 36.5 Å². The maximum Gasteiger partial charge on any atom is 0.179 e. The van der Waals surface area contributed by atoms with Gasteiger partial charge >= 0.3 is 0 Å². The van der Waals surface area contributed by atoms with Crippen LogP contribution < -0.4 is 9.64 Å². The van der Waals surface area contributed by atoms with Gasteiger partial charge in [0, 0.05) is 45.3 Å². The molecule has 0 unspecified atom stereocenters. The van der Waals surface area contributed by atoms with Crippen LogP contribution >= 0.6 is 11.6 Å². The number of pyridine rings is 1. The van der Waals surface area contributed by atoms with Crippen LogP contribution in [-0.4, -0.2) is 52.8 Å². The number of hydrogen-bond acceptors (Lipinski definition) is 5. The number of benzene rings is 1. The van der Waals surface area contributed by atoms with E-state index in [0.29, 0.717) is 0 Å². The molecule has 0 spiro atoms. The van der Waals surface area contributed by atoms with E-state index in [2.05, 4.69) is 48.8 Å². The average molecular weight is 412 g/mol. The summed E-state index contributed by atoms with van der Waals surface area (Å²) in [7, 11) is 1.73. The maximum atomic E-state index is 6.71. The van der Waals surface area contributed by atoms with Crippen LogP contribution in [0.4, 0.5) is 5.69 Å². The third-order valence-electron chi connectivity index (χ3n) is 6.03. The normalized spacial score (nSPS) is 17.8. The molecule has 1 aliphatic carbocycles. The number of methoxy groups -OCH3 is 1. The zero-order valence-corrected chi connectivity index (χ0v) is 17.5. The van der Waals surface area contributed by atoms with Crippen LogP contribution in [0.5, 0.6) is 5.75 Å². The molecule has 5 rings (SSSR count). The van der Waals surface area contributed by atoms with Gasteiger partial charge in [0.15, 0.2) is 5.65 Å². The summed E-state index contributed by atoms with van der Waals surface area (Å²) in [5.74, 6) is 2.74. The van der Waals surface area contributed by atoms with Crippen LogP contribution in [0.3, 0.4) is 0 Å². The molecule has 7 heteroatoms. The van der Waals surface area contributed by atoms with E-state index < -0.39 is 0 Å². The van der Waals surface area contributed by atoms with Gasteiger partial charge in [0.25, 0.3) is 0 Å². The Labute approximate surface area is 176 Å².